The van der Waals surface area contributed by atoms with Crippen molar-refractivity contribution in [2.24, 2.45) is 5.10 Å². The molecule has 3 rings (SSSR count). The first-order chi connectivity index (χ1) is 16.2. The molecule has 0 atom stereocenters. The number of hydrazone groups is 1. The van der Waals surface area contributed by atoms with Crippen LogP contribution in [-0.2, 0) is 4.79 Å². The van der Waals surface area contributed by atoms with Crippen LogP contribution in [-0.4, -0.2) is 29.6 Å². The van der Waals surface area contributed by atoms with Gasteiger partial charge in [-0.25, -0.2) is 5.43 Å². The molecule has 0 spiro atoms. The highest BCUT2D eigenvalue weighted by molar-refractivity contribution is 6.32. The molecule has 0 heterocycles. The number of aryl methyl sites for hydroxylation is 2. The Labute approximate surface area is 200 Å². The lowest BCUT2D eigenvalue weighted by molar-refractivity contribution is -0.384. The van der Waals surface area contributed by atoms with Crippen molar-refractivity contribution in [2.75, 3.05) is 11.9 Å². The molecule has 10 heteroatoms. The van der Waals surface area contributed by atoms with Crippen molar-refractivity contribution in [1.82, 2.24) is 5.43 Å². The van der Waals surface area contributed by atoms with Crippen LogP contribution in [0.4, 0.5) is 11.4 Å². The summed E-state index contributed by atoms with van der Waals surface area (Å²) in [7, 11) is 0. The summed E-state index contributed by atoms with van der Waals surface area (Å²) < 4.78 is 5.51. The fraction of sp³-hybridized carbons (Fsp3) is 0.125. The molecule has 0 saturated heterocycles. The van der Waals surface area contributed by atoms with E-state index < -0.39 is 10.8 Å². The van der Waals surface area contributed by atoms with E-state index >= 15 is 0 Å². The number of nitro groups is 1. The first-order valence-corrected chi connectivity index (χ1v) is 10.5. The number of benzene rings is 3. The number of nitrogens with zero attached hydrogens (tertiary/aromatic N) is 2. The van der Waals surface area contributed by atoms with E-state index in [0.29, 0.717) is 17.0 Å². The van der Waals surface area contributed by atoms with Gasteiger partial charge in [-0.05, 0) is 55.3 Å². The Balaban J connectivity index is 1.54. The highest BCUT2D eigenvalue weighted by Crippen LogP contribution is 2.25. The Hall–Kier alpha value is -4.24. The summed E-state index contributed by atoms with van der Waals surface area (Å²) in [6.07, 6.45) is 1.36. The standard InChI is InChI=1S/C24H21ClN4O5/c1-15-6-8-21(16(2)10-15)27-23(30)14-34-22-9-7-17(11-20(22)25)13-26-28-24(31)18-4-3-5-19(12-18)29(32)33/h3-13H,14H2,1-2H3,(H,27,30)(H,28,31)/b26-13+. The Morgan fingerprint density at radius 3 is 2.62 bits per heavy atom. The Bertz CT molecular complexity index is 1280. The zero-order valence-electron chi connectivity index (χ0n) is 18.4. The predicted molar refractivity (Wildman–Crippen MR) is 130 cm³/mol. The minimum atomic E-state index is -0.596. The number of halogens is 1. The van der Waals surface area contributed by atoms with E-state index in [2.05, 4.69) is 15.8 Å². The van der Waals surface area contributed by atoms with Crippen LogP contribution in [0.15, 0.2) is 65.8 Å². The monoisotopic (exact) mass is 480 g/mol. The first kappa shape index (κ1) is 24.4. The lowest BCUT2D eigenvalue weighted by Gasteiger charge is -2.11. The van der Waals surface area contributed by atoms with Crippen molar-refractivity contribution in [3.05, 3.63) is 98.1 Å². The molecule has 0 bridgehead atoms. The molecule has 0 aliphatic carbocycles. The summed E-state index contributed by atoms with van der Waals surface area (Å²) >= 11 is 6.23. The van der Waals surface area contributed by atoms with Crippen LogP contribution in [0.2, 0.25) is 5.02 Å². The number of hydrogen-bond acceptors (Lipinski definition) is 6. The van der Waals surface area contributed by atoms with Gasteiger partial charge >= 0.3 is 0 Å². The molecule has 174 valence electrons. The van der Waals surface area contributed by atoms with Gasteiger partial charge in [0.1, 0.15) is 5.75 Å². The minimum Gasteiger partial charge on any atom is -0.482 e. The van der Waals surface area contributed by atoms with Gasteiger partial charge in [-0.3, -0.25) is 19.7 Å². The molecule has 0 saturated carbocycles. The second kappa shape index (κ2) is 11.1. The number of rotatable bonds is 8. The van der Waals surface area contributed by atoms with Crippen molar-refractivity contribution in [3.8, 4) is 5.75 Å². The van der Waals surface area contributed by atoms with Gasteiger partial charge in [-0.1, -0.05) is 35.4 Å². The van der Waals surface area contributed by atoms with Gasteiger partial charge in [0.15, 0.2) is 6.61 Å². The van der Waals surface area contributed by atoms with E-state index in [9.17, 15) is 19.7 Å². The van der Waals surface area contributed by atoms with E-state index in [1.807, 2.05) is 32.0 Å². The maximum absolute atomic E-state index is 12.2. The van der Waals surface area contributed by atoms with Gasteiger partial charge in [0.05, 0.1) is 16.2 Å². The fourth-order valence-electron chi connectivity index (χ4n) is 2.99. The van der Waals surface area contributed by atoms with Crippen molar-refractivity contribution in [3.63, 3.8) is 0 Å². The second-order valence-corrected chi connectivity index (χ2v) is 7.76. The molecule has 9 nitrogen and oxygen atoms in total. The summed E-state index contributed by atoms with van der Waals surface area (Å²) in [6, 6.07) is 15.8. The third-order valence-electron chi connectivity index (χ3n) is 4.67. The molecule has 2 amide bonds. The maximum Gasteiger partial charge on any atom is 0.271 e. The van der Waals surface area contributed by atoms with Gasteiger partial charge in [0, 0.05) is 23.4 Å². The van der Waals surface area contributed by atoms with Gasteiger partial charge in [-0.2, -0.15) is 5.10 Å². The normalized spacial score (nSPS) is 10.7. The number of nitro benzene ring substituents is 1. The summed E-state index contributed by atoms with van der Waals surface area (Å²) in [5, 5.41) is 17.7. The molecule has 0 aromatic heterocycles. The molecule has 0 fully saturated rings. The molecule has 0 aliphatic rings. The zero-order chi connectivity index (χ0) is 24.7. The highest BCUT2D eigenvalue weighted by Gasteiger charge is 2.11. The maximum atomic E-state index is 12.2. The third-order valence-corrected chi connectivity index (χ3v) is 4.96. The summed E-state index contributed by atoms with van der Waals surface area (Å²) in [5.41, 5.74) is 5.54. The smallest absolute Gasteiger partial charge is 0.271 e. The number of non-ortho nitro benzene ring substituents is 1. The third kappa shape index (κ3) is 6.63. The fourth-order valence-corrected chi connectivity index (χ4v) is 3.23. The first-order valence-electron chi connectivity index (χ1n) is 10.1. The number of hydrogen-bond donors (Lipinski definition) is 2. The van der Waals surface area contributed by atoms with Gasteiger partial charge < -0.3 is 10.1 Å². The lowest BCUT2D eigenvalue weighted by atomic mass is 10.1. The number of nitrogens with one attached hydrogen (secondary N) is 2. The summed E-state index contributed by atoms with van der Waals surface area (Å²) in [6.45, 7) is 3.66. The number of carbonyl (C=O) groups is 2. The molecule has 0 aliphatic heterocycles. The van der Waals surface area contributed by atoms with Crippen LogP contribution >= 0.6 is 11.6 Å². The van der Waals surface area contributed by atoms with Crippen molar-refractivity contribution in [2.45, 2.75) is 13.8 Å². The van der Waals surface area contributed by atoms with Crippen molar-refractivity contribution >= 4 is 41.0 Å². The summed E-state index contributed by atoms with van der Waals surface area (Å²) in [5.74, 6) is -0.603. The number of amides is 2. The van der Waals surface area contributed by atoms with E-state index in [4.69, 9.17) is 16.3 Å². The number of ether oxygens (including phenoxy) is 1. The Morgan fingerprint density at radius 2 is 1.91 bits per heavy atom. The zero-order valence-corrected chi connectivity index (χ0v) is 19.1. The van der Waals surface area contributed by atoms with Crippen LogP contribution in [0.3, 0.4) is 0 Å². The lowest BCUT2D eigenvalue weighted by Crippen LogP contribution is -2.20. The molecular weight excluding hydrogens is 460 g/mol. The van der Waals surface area contributed by atoms with Gasteiger partial charge in [0.2, 0.25) is 0 Å². The molecule has 0 radical (unpaired) electrons. The Kier molecular flexibility index (Phi) is 7.94. The average molecular weight is 481 g/mol. The predicted octanol–water partition coefficient (Wildman–Crippen LogP) is 4.65. The molecule has 0 unspecified atom stereocenters. The Morgan fingerprint density at radius 1 is 1.12 bits per heavy atom. The van der Waals surface area contributed by atoms with Crippen molar-refractivity contribution < 1.29 is 19.2 Å². The number of carbonyl (C=O) groups excluding carboxylic acids is 2. The van der Waals surface area contributed by atoms with E-state index in [1.54, 1.807) is 18.2 Å². The van der Waals surface area contributed by atoms with Crippen LogP contribution in [0.1, 0.15) is 27.0 Å². The average Bonchev–Trinajstić information content (AvgIpc) is 2.80. The van der Waals surface area contributed by atoms with E-state index in [-0.39, 0.29) is 28.8 Å². The van der Waals surface area contributed by atoms with Gasteiger partial charge in [0.25, 0.3) is 17.5 Å². The van der Waals surface area contributed by atoms with Gasteiger partial charge in [-0.15, -0.1) is 0 Å². The molecule has 2 N–H and O–H groups in total. The largest absolute Gasteiger partial charge is 0.482 e. The van der Waals surface area contributed by atoms with Crippen LogP contribution in [0.5, 0.6) is 5.75 Å². The second-order valence-electron chi connectivity index (χ2n) is 7.35. The SMILES string of the molecule is Cc1ccc(NC(=O)COc2ccc(/C=N/NC(=O)c3cccc([N+](=O)[O-])c3)cc2Cl)c(C)c1. The molecule has 3 aromatic rings. The van der Waals surface area contributed by atoms with E-state index in [1.165, 1.54) is 24.4 Å². The minimum absolute atomic E-state index is 0.104. The summed E-state index contributed by atoms with van der Waals surface area (Å²) in [4.78, 5) is 34.6. The van der Waals surface area contributed by atoms with Crippen molar-refractivity contribution in [1.29, 1.82) is 0 Å². The molecule has 34 heavy (non-hydrogen) atoms. The van der Waals surface area contributed by atoms with Crippen LogP contribution in [0.25, 0.3) is 0 Å². The topological polar surface area (TPSA) is 123 Å². The molecule has 3 aromatic carbocycles. The van der Waals surface area contributed by atoms with Crippen LogP contribution < -0.4 is 15.5 Å². The van der Waals surface area contributed by atoms with Crippen LogP contribution in [0, 0.1) is 24.0 Å². The molecular formula is C24H21ClN4O5. The quantitative estimate of drug-likeness (QED) is 0.276. The van der Waals surface area contributed by atoms with E-state index in [0.717, 1.165) is 17.2 Å². The number of anilines is 1. The highest BCUT2D eigenvalue weighted by atomic mass is 35.5.